The Hall–Kier alpha value is -1.58. The third-order valence-electron chi connectivity index (χ3n) is 3.30. The number of rotatable bonds is 5. The summed E-state index contributed by atoms with van der Waals surface area (Å²) in [6.07, 6.45) is 4.96. The zero-order chi connectivity index (χ0) is 13.5. The summed E-state index contributed by atoms with van der Waals surface area (Å²) in [5, 5.41) is 0. The van der Waals surface area contributed by atoms with Crippen molar-refractivity contribution >= 4 is 11.8 Å². The molecular formula is C14H22N2O2. The number of amides is 2. The van der Waals surface area contributed by atoms with Crippen molar-refractivity contribution in [1.29, 1.82) is 0 Å². The standard InChI is InChI=1S/C14H22N2O2/c1-4-8-16(9-5-2)14(18)13-6-10-15(11-7-13)12(3)17/h4-5,13H,1-2,6-11H2,3H3. The van der Waals surface area contributed by atoms with E-state index in [1.807, 2.05) is 0 Å². The molecule has 1 aliphatic rings. The van der Waals surface area contributed by atoms with Gasteiger partial charge in [-0.05, 0) is 12.8 Å². The van der Waals surface area contributed by atoms with Gasteiger partial charge >= 0.3 is 0 Å². The summed E-state index contributed by atoms with van der Waals surface area (Å²) in [6, 6.07) is 0. The zero-order valence-electron chi connectivity index (χ0n) is 11.1. The van der Waals surface area contributed by atoms with E-state index in [0.717, 1.165) is 12.8 Å². The van der Waals surface area contributed by atoms with Crippen molar-refractivity contribution in [3.8, 4) is 0 Å². The third-order valence-corrected chi connectivity index (χ3v) is 3.30. The summed E-state index contributed by atoms with van der Waals surface area (Å²) < 4.78 is 0. The van der Waals surface area contributed by atoms with Crippen molar-refractivity contribution < 1.29 is 9.59 Å². The Morgan fingerprint density at radius 3 is 2.11 bits per heavy atom. The Kier molecular flexibility index (Phi) is 5.62. The first-order valence-electron chi connectivity index (χ1n) is 6.36. The normalized spacial score (nSPS) is 16.2. The lowest BCUT2D eigenvalue weighted by atomic mass is 9.95. The summed E-state index contributed by atoms with van der Waals surface area (Å²) in [6.45, 7) is 11.4. The van der Waals surface area contributed by atoms with E-state index in [-0.39, 0.29) is 17.7 Å². The van der Waals surface area contributed by atoms with Crippen LogP contribution in [0.1, 0.15) is 19.8 Å². The number of likely N-dealkylation sites (tertiary alicyclic amines) is 1. The Labute approximate surface area is 109 Å². The predicted molar refractivity (Wildman–Crippen MR) is 72.0 cm³/mol. The minimum Gasteiger partial charge on any atom is -0.343 e. The summed E-state index contributed by atoms with van der Waals surface area (Å²) >= 11 is 0. The Bertz CT molecular complexity index is 321. The van der Waals surface area contributed by atoms with E-state index >= 15 is 0 Å². The Morgan fingerprint density at radius 1 is 1.22 bits per heavy atom. The highest BCUT2D eigenvalue weighted by Gasteiger charge is 2.28. The molecule has 1 aliphatic heterocycles. The highest BCUT2D eigenvalue weighted by atomic mass is 16.2. The molecule has 0 N–H and O–H groups in total. The van der Waals surface area contributed by atoms with Crippen LogP contribution in [-0.4, -0.2) is 47.8 Å². The number of hydrogen-bond acceptors (Lipinski definition) is 2. The molecule has 0 saturated carbocycles. The quantitative estimate of drug-likeness (QED) is 0.693. The van der Waals surface area contributed by atoms with Crippen LogP contribution in [0.4, 0.5) is 0 Å². The predicted octanol–water partition coefficient (Wildman–Crippen LogP) is 1.45. The minimum absolute atomic E-state index is 0.0282. The van der Waals surface area contributed by atoms with Gasteiger partial charge in [0.15, 0.2) is 0 Å². The first-order chi connectivity index (χ1) is 8.60. The summed E-state index contributed by atoms with van der Waals surface area (Å²) in [4.78, 5) is 27.1. The van der Waals surface area contributed by atoms with Gasteiger partial charge in [-0.1, -0.05) is 12.2 Å². The molecule has 0 aromatic heterocycles. The van der Waals surface area contributed by atoms with Crippen LogP contribution >= 0.6 is 0 Å². The van der Waals surface area contributed by atoms with E-state index in [0.29, 0.717) is 26.2 Å². The Balaban J connectivity index is 2.54. The van der Waals surface area contributed by atoms with E-state index in [2.05, 4.69) is 13.2 Å². The van der Waals surface area contributed by atoms with Crippen molar-refractivity contribution in [3.63, 3.8) is 0 Å². The van der Waals surface area contributed by atoms with Crippen LogP contribution < -0.4 is 0 Å². The van der Waals surface area contributed by atoms with E-state index in [4.69, 9.17) is 0 Å². The lowest BCUT2D eigenvalue weighted by Crippen LogP contribution is -2.44. The molecule has 0 bridgehead atoms. The highest BCUT2D eigenvalue weighted by Crippen LogP contribution is 2.19. The van der Waals surface area contributed by atoms with Crippen molar-refractivity contribution in [2.75, 3.05) is 26.2 Å². The second-order valence-corrected chi connectivity index (χ2v) is 4.60. The van der Waals surface area contributed by atoms with Crippen molar-refractivity contribution in [1.82, 2.24) is 9.80 Å². The molecule has 18 heavy (non-hydrogen) atoms. The van der Waals surface area contributed by atoms with Gasteiger partial charge in [0.05, 0.1) is 0 Å². The molecule has 100 valence electrons. The van der Waals surface area contributed by atoms with Gasteiger partial charge in [-0.3, -0.25) is 9.59 Å². The first kappa shape index (κ1) is 14.5. The molecule has 0 aromatic rings. The zero-order valence-corrected chi connectivity index (χ0v) is 11.1. The maximum absolute atomic E-state index is 12.3. The number of hydrogen-bond donors (Lipinski definition) is 0. The lowest BCUT2D eigenvalue weighted by Gasteiger charge is -2.33. The van der Waals surface area contributed by atoms with E-state index in [1.165, 1.54) is 0 Å². The molecule has 1 saturated heterocycles. The van der Waals surface area contributed by atoms with E-state index in [9.17, 15) is 9.59 Å². The molecule has 4 nitrogen and oxygen atoms in total. The van der Waals surface area contributed by atoms with Gasteiger partial charge in [0.2, 0.25) is 11.8 Å². The number of piperidine rings is 1. The molecule has 0 atom stereocenters. The van der Waals surface area contributed by atoms with Crippen molar-refractivity contribution in [2.45, 2.75) is 19.8 Å². The fourth-order valence-electron chi connectivity index (χ4n) is 2.27. The van der Waals surface area contributed by atoms with Crippen LogP contribution in [0.2, 0.25) is 0 Å². The van der Waals surface area contributed by atoms with Gasteiger partial charge in [0, 0.05) is 39.0 Å². The smallest absolute Gasteiger partial charge is 0.226 e. The van der Waals surface area contributed by atoms with E-state index in [1.54, 1.807) is 28.9 Å². The summed E-state index contributed by atoms with van der Waals surface area (Å²) in [5.41, 5.74) is 0. The van der Waals surface area contributed by atoms with Crippen LogP contribution in [0.3, 0.4) is 0 Å². The van der Waals surface area contributed by atoms with Crippen LogP contribution in [0.15, 0.2) is 25.3 Å². The molecule has 1 rings (SSSR count). The lowest BCUT2D eigenvalue weighted by molar-refractivity contribution is -0.139. The maximum Gasteiger partial charge on any atom is 0.226 e. The highest BCUT2D eigenvalue weighted by molar-refractivity contribution is 5.80. The number of carbonyl (C=O) groups is 2. The molecule has 4 heteroatoms. The average Bonchev–Trinajstić information content (AvgIpc) is 2.38. The van der Waals surface area contributed by atoms with Crippen LogP contribution in [0.5, 0.6) is 0 Å². The van der Waals surface area contributed by atoms with Gasteiger partial charge < -0.3 is 9.80 Å². The van der Waals surface area contributed by atoms with Gasteiger partial charge in [0.1, 0.15) is 0 Å². The minimum atomic E-state index is 0.0282. The molecule has 0 aliphatic carbocycles. The second kappa shape index (κ2) is 6.99. The summed E-state index contributed by atoms with van der Waals surface area (Å²) in [5.74, 6) is 0.272. The van der Waals surface area contributed by atoms with Gasteiger partial charge in [-0.25, -0.2) is 0 Å². The third kappa shape index (κ3) is 3.72. The maximum atomic E-state index is 12.3. The van der Waals surface area contributed by atoms with Crippen molar-refractivity contribution in [3.05, 3.63) is 25.3 Å². The number of carbonyl (C=O) groups excluding carboxylic acids is 2. The fraction of sp³-hybridized carbons (Fsp3) is 0.571. The largest absolute Gasteiger partial charge is 0.343 e. The average molecular weight is 250 g/mol. The monoisotopic (exact) mass is 250 g/mol. The molecule has 0 unspecified atom stereocenters. The fourth-order valence-corrected chi connectivity index (χ4v) is 2.27. The van der Waals surface area contributed by atoms with Crippen LogP contribution in [-0.2, 0) is 9.59 Å². The molecular weight excluding hydrogens is 228 g/mol. The molecule has 0 spiro atoms. The molecule has 1 heterocycles. The SMILES string of the molecule is C=CCN(CC=C)C(=O)C1CCN(C(C)=O)CC1. The van der Waals surface area contributed by atoms with Crippen LogP contribution in [0.25, 0.3) is 0 Å². The summed E-state index contributed by atoms with van der Waals surface area (Å²) in [7, 11) is 0. The first-order valence-corrected chi connectivity index (χ1v) is 6.36. The molecule has 1 fully saturated rings. The van der Waals surface area contributed by atoms with Crippen LogP contribution in [0, 0.1) is 5.92 Å². The Morgan fingerprint density at radius 2 is 1.72 bits per heavy atom. The topological polar surface area (TPSA) is 40.6 Å². The van der Waals surface area contributed by atoms with Gasteiger partial charge in [0.25, 0.3) is 0 Å². The molecule has 0 radical (unpaired) electrons. The second-order valence-electron chi connectivity index (χ2n) is 4.60. The van der Waals surface area contributed by atoms with Gasteiger partial charge in [-0.15, -0.1) is 13.2 Å². The number of nitrogens with zero attached hydrogens (tertiary/aromatic N) is 2. The van der Waals surface area contributed by atoms with Crippen molar-refractivity contribution in [2.24, 2.45) is 5.92 Å². The molecule has 0 aromatic carbocycles. The van der Waals surface area contributed by atoms with Gasteiger partial charge in [-0.2, -0.15) is 0 Å². The molecule has 2 amide bonds. The van der Waals surface area contributed by atoms with E-state index < -0.39 is 0 Å².